The molecule has 1 rings (SSSR count). The zero-order chi connectivity index (χ0) is 12.3. The molecule has 0 heterocycles. The van der Waals surface area contributed by atoms with E-state index in [0.29, 0.717) is 10.6 Å². The number of aliphatic carboxylic acids is 1. The third kappa shape index (κ3) is 3.07. The summed E-state index contributed by atoms with van der Waals surface area (Å²) in [5, 5.41) is 9.46. The summed E-state index contributed by atoms with van der Waals surface area (Å²) in [7, 11) is 0. The molecule has 1 N–H and O–H groups in total. The van der Waals surface area contributed by atoms with Gasteiger partial charge in [-0.2, -0.15) is 0 Å². The van der Waals surface area contributed by atoms with Gasteiger partial charge < -0.3 is 5.11 Å². The van der Waals surface area contributed by atoms with E-state index in [9.17, 15) is 9.59 Å². The van der Waals surface area contributed by atoms with Gasteiger partial charge in [0.05, 0.1) is 5.41 Å². The maximum atomic E-state index is 11.8. The topological polar surface area (TPSA) is 54.4 Å². The predicted molar refractivity (Wildman–Crippen MR) is 61.8 cm³/mol. The molecule has 0 aliphatic carbocycles. The fourth-order valence-electron chi connectivity index (χ4n) is 1.21. The van der Waals surface area contributed by atoms with Gasteiger partial charge in [-0.3, -0.25) is 9.59 Å². The molecule has 0 amide bonds. The monoisotopic (exact) mass is 240 g/mol. The van der Waals surface area contributed by atoms with Crippen LogP contribution in [0.4, 0.5) is 0 Å². The minimum Gasteiger partial charge on any atom is -0.481 e. The molecule has 0 fully saturated rings. The normalized spacial score (nSPS) is 11.2. The van der Waals surface area contributed by atoms with Gasteiger partial charge in [0.15, 0.2) is 5.78 Å². The molecule has 3 nitrogen and oxygen atoms in total. The highest BCUT2D eigenvalue weighted by Crippen LogP contribution is 2.23. The Morgan fingerprint density at radius 3 is 2.19 bits per heavy atom. The van der Waals surface area contributed by atoms with Crippen molar-refractivity contribution in [3.05, 3.63) is 34.9 Å². The van der Waals surface area contributed by atoms with Crippen molar-refractivity contribution in [2.45, 2.75) is 20.3 Å². The van der Waals surface area contributed by atoms with Crippen LogP contribution in [-0.4, -0.2) is 16.9 Å². The molecule has 0 saturated carbocycles. The number of carbonyl (C=O) groups excluding carboxylic acids is 1. The van der Waals surface area contributed by atoms with Crippen LogP contribution in [0.25, 0.3) is 0 Å². The van der Waals surface area contributed by atoms with Gasteiger partial charge in [0.1, 0.15) is 0 Å². The molecule has 0 aliphatic rings. The van der Waals surface area contributed by atoms with Crippen molar-refractivity contribution < 1.29 is 14.7 Å². The highest BCUT2D eigenvalue weighted by molar-refractivity contribution is 6.30. The average Bonchev–Trinajstić information content (AvgIpc) is 2.17. The van der Waals surface area contributed by atoms with E-state index in [1.165, 1.54) is 13.8 Å². The summed E-state index contributed by atoms with van der Waals surface area (Å²) in [6.45, 7) is 3.06. The zero-order valence-electron chi connectivity index (χ0n) is 9.16. The number of carboxylic acid groups (broad SMARTS) is 1. The van der Waals surface area contributed by atoms with Crippen LogP contribution >= 0.6 is 11.6 Å². The van der Waals surface area contributed by atoms with Crippen molar-refractivity contribution in [3.8, 4) is 0 Å². The summed E-state index contributed by atoms with van der Waals surface area (Å²) in [4.78, 5) is 22.6. The highest BCUT2D eigenvalue weighted by Gasteiger charge is 2.30. The van der Waals surface area contributed by atoms with Crippen molar-refractivity contribution in [2.24, 2.45) is 5.41 Å². The number of halogens is 1. The van der Waals surface area contributed by atoms with Crippen LogP contribution in [0.1, 0.15) is 30.6 Å². The molecule has 4 heteroatoms. The van der Waals surface area contributed by atoms with Crippen molar-refractivity contribution in [1.82, 2.24) is 0 Å². The first-order valence-electron chi connectivity index (χ1n) is 4.85. The Hall–Kier alpha value is -1.35. The molecule has 0 atom stereocenters. The standard InChI is InChI=1S/C12H13ClO3/c1-12(2,11(15)16)7-10(14)8-3-5-9(13)6-4-8/h3-6H,7H2,1-2H3,(H,15,16). The predicted octanol–water partition coefficient (Wildman–Crippen LogP) is 3.02. The van der Waals surface area contributed by atoms with Crippen LogP contribution in [0.3, 0.4) is 0 Å². The van der Waals surface area contributed by atoms with E-state index in [4.69, 9.17) is 16.7 Å². The van der Waals surface area contributed by atoms with E-state index in [2.05, 4.69) is 0 Å². The third-order valence-electron chi connectivity index (χ3n) is 2.35. The van der Waals surface area contributed by atoms with Crippen LogP contribution in [0, 0.1) is 5.41 Å². The largest absolute Gasteiger partial charge is 0.481 e. The Morgan fingerprint density at radius 1 is 1.25 bits per heavy atom. The third-order valence-corrected chi connectivity index (χ3v) is 2.60. The molecule has 0 radical (unpaired) electrons. The molecule has 0 spiro atoms. The Balaban J connectivity index is 2.81. The molecule has 0 unspecified atom stereocenters. The maximum absolute atomic E-state index is 11.8. The quantitative estimate of drug-likeness (QED) is 0.823. The van der Waals surface area contributed by atoms with Crippen LogP contribution in [0.5, 0.6) is 0 Å². The number of Topliss-reactive ketones (excluding diaryl/α,β-unsaturated/α-hetero) is 1. The Morgan fingerprint density at radius 2 is 1.75 bits per heavy atom. The zero-order valence-corrected chi connectivity index (χ0v) is 9.91. The Kier molecular flexibility index (Phi) is 3.70. The van der Waals surface area contributed by atoms with Crippen LogP contribution < -0.4 is 0 Å². The fourth-order valence-corrected chi connectivity index (χ4v) is 1.34. The molecule has 86 valence electrons. The second kappa shape index (κ2) is 4.66. The summed E-state index contributed by atoms with van der Waals surface area (Å²) in [6, 6.07) is 6.43. The smallest absolute Gasteiger partial charge is 0.309 e. The summed E-state index contributed by atoms with van der Waals surface area (Å²) in [5.41, 5.74) is -0.560. The lowest BCUT2D eigenvalue weighted by Gasteiger charge is -2.17. The van der Waals surface area contributed by atoms with E-state index in [1.807, 2.05) is 0 Å². The van der Waals surface area contributed by atoms with Gasteiger partial charge in [0, 0.05) is 17.0 Å². The minimum absolute atomic E-state index is 0.0238. The van der Waals surface area contributed by atoms with E-state index in [1.54, 1.807) is 24.3 Å². The number of benzene rings is 1. The summed E-state index contributed by atoms with van der Waals surface area (Å²) in [5.74, 6) is -1.17. The summed E-state index contributed by atoms with van der Waals surface area (Å²) in [6.07, 6.45) is -0.0238. The van der Waals surface area contributed by atoms with Gasteiger partial charge in [0.2, 0.25) is 0 Å². The second-order valence-electron chi connectivity index (χ2n) is 4.30. The first-order chi connectivity index (χ1) is 7.33. The molecule has 0 bridgehead atoms. The Labute approximate surface area is 99.0 Å². The lowest BCUT2D eigenvalue weighted by molar-refractivity contribution is -0.146. The number of hydrogen-bond acceptors (Lipinski definition) is 2. The van der Waals surface area contributed by atoms with Gasteiger partial charge in [0.25, 0.3) is 0 Å². The minimum atomic E-state index is -1.04. The number of carbonyl (C=O) groups is 2. The maximum Gasteiger partial charge on any atom is 0.309 e. The lowest BCUT2D eigenvalue weighted by atomic mass is 9.86. The molecule has 0 saturated heterocycles. The van der Waals surface area contributed by atoms with Gasteiger partial charge in [-0.05, 0) is 38.1 Å². The van der Waals surface area contributed by atoms with E-state index in [0.717, 1.165) is 0 Å². The number of rotatable bonds is 4. The van der Waals surface area contributed by atoms with Crippen molar-refractivity contribution in [1.29, 1.82) is 0 Å². The molecular weight excluding hydrogens is 228 g/mol. The molecular formula is C12H13ClO3. The first kappa shape index (κ1) is 12.7. The average molecular weight is 241 g/mol. The number of ketones is 1. The molecule has 16 heavy (non-hydrogen) atoms. The lowest BCUT2D eigenvalue weighted by Crippen LogP contribution is -2.26. The van der Waals surface area contributed by atoms with Gasteiger partial charge in [-0.25, -0.2) is 0 Å². The SMILES string of the molecule is CC(C)(CC(=O)c1ccc(Cl)cc1)C(=O)O. The van der Waals surface area contributed by atoms with Crippen molar-refractivity contribution in [2.75, 3.05) is 0 Å². The molecule has 1 aromatic carbocycles. The van der Waals surface area contributed by atoms with E-state index >= 15 is 0 Å². The van der Waals surface area contributed by atoms with Gasteiger partial charge in [-0.1, -0.05) is 11.6 Å². The van der Waals surface area contributed by atoms with Gasteiger partial charge in [-0.15, -0.1) is 0 Å². The van der Waals surface area contributed by atoms with E-state index in [-0.39, 0.29) is 12.2 Å². The van der Waals surface area contributed by atoms with Crippen LogP contribution in [0.2, 0.25) is 5.02 Å². The first-order valence-corrected chi connectivity index (χ1v) is 5.23. The second-order valence-corrected chi connectivity index (χ2v) is 4.73. The molecule has 0 aliphatic heterocycles. The van der Waals surface area contributed by atoms with Crippen molar-refractivity contribution in [3.63, 3.8) is 0 Å². The van der Waals surface area contributed by atoms with Crippen LogP contribution in [0.15, 0.2) is 24.3 Å². The van der Waals surface area contributed by atoms with Crippen LogP contribution in [-0.2, 0) is 4.79 Å². The Bertz CT molecular complexity index is 407. The molecule has 0 aromatic heterocycles. The fraction of sp³-hybridized carbons (Fsp3) is 0.333. The number of carboxylic acids is 1. The van der Waals surface area contributed by atoms with E-state index < -0.39 is 11.4 Å². The highest BCUT2D eigenvalue weighted by atomic mass is 35.5. The van der Waals surface area contributed by atoms with Crippen molar-refractivity contribution >= 4 is 23.4 Å². The number of hydrogen-bond donors (Lipinski definition) is 1. The molecule has 1 aromatic rings. The van der Waals surface area contributed by atoms with Gasteiger partial charge >= 0.3 is 5.97 Å². The summed E-state index contributed by atoms with van der Waals surface area (Å²) >= 11 is 5.69. The summed E-state index contributed by atoms with van der Waals surface area (Å²) < 4.78 is 0.